The molecule has 1 heterocycles. The number of rotatable bonds is 2. The van der Waals surface area contributed by atoms with Gasteiger partial charge in [0.05, 0.1) is 5.69 Å². The van der Waals surface area contributed by atoms with Crippen LogP contribution in [0.4, 0.5) is 10.1 Å². The topological polar surface area (TPSA) is 15.3 Å². The minimum absolute atomic E-state index is 0.136. The van der Waals surface area contributed by atoms with Crippen molar-refractivity contribution in [3.8, 4) is 0 Å². The SMILES string of the molecule is CCC1CNCCN1c1cc(Br)ccc1F. The van der Waals surface area contributed by atoms with Gasteiger partial charge in [0.25, 0.3) is 0 Å². The van der Waals surface area contributed by atoms with Gasteiger partial charge in [-0.25, -0.2) is 4.39 Å². The van der Waals surface area contributed by atoms with Crippen LogP contribution in [0, 0.1) is 5.82 Å². The van der Waals surface area contributed by atoms with Crippen LogP contribution in [0.1, 0.15) is 13.3 Å². The average molecular weight is 287 g/mol. The number of anilines is 1. The van der Waals surface area contributed by atoms with Crippen molar-refractivity contribution in [2.75, 3.05) is 24.5 Å². The summed E-state index contributed by atoms with van der Waals surface area (Å²) in [6.07, 6.45) is 1.03. The van der Waals surface area contributed by atoms with Gasteiger partial charge < -0.3 is 10.2 Å². The van der Waals surface area contributed by atoms with Crippen LogP contribution in [0.5, 0.6) is 0 Å². The van der Waals surface area contributed by atoms with E-state index in [2.05, 4.69) is 33.1 Å². The Kier molecular flexibility index (Phi) is 3.82. The van der Waals surface area contributed by atoms with E-state index in [9.17, 15) is 4.39 Å². The van der Waals surface area contributed by atoms with E-state index in [1.807, 2.05) is 6.07 Å². The largest absolute Gasteiger partial charge is 0.364 e. The van der Waals surface area contributed by atoms with Crippen LogP contribution in [0.2, 0.25) is 0 Å². The first-order chi connectivity index (χ1) is 7.72. The van der Waals surface area contributed by atoms with Gasteiger partial charge in [-0.15, -0.1) is 0 Å². The van der Waals surface area contributed by atoms with Crippen LogP contribution in [0.15, 0.2) is 22.7 Å². The van der Waals surface area contributed by atoms with E-state index in [1.54, 1.807) is 6.07 Å². The van der Waals surface area contributed by atoms with E-state index in [4.69, 9.17) is 0 Å². The monoisotopic (exact) mass is 286 g/mol. The van der Waals surface area contributed by atoms with Crippen LogP contribution < -0.4 is 10.2 Å². The fourth-order valence-corrected chi connectivity index (χ4v) is 2.50. The summed E-state index contributed by atoms with van der Waals surface area (Å²) in [5, 5.41) is 3.34. The summed E-state index contributed by atoms with van der Waals surface area (Å²) < 4.78 is 14.7. The Labute approximate surface area is 104 Å². The molecule has 1 unspecified atom stereocenters. The van der Waals surface area contributed by atoms with E-state index < -0.39 is 0 Å². The minimum atomic E-state index is -0.136. The van der Waals surface area contributed by atoms with Gasteiger partial charge in [0.15, 0.2) is 0 Å². The van der Waals surface area contributed by atoms with E-state index >= 15 is 0 Å². The van der Waals surface area contributed by atoms with Crippen LogP contribution in [-0.4, -0.2) is 25.7 Å². The first-order valence-electron chi connectivity index (χ1n) is 5.64. The Balaban J connectivity index is 2.30. The van der Waals surface area contributed by atoms with E-state index in [-0.39, 0.29) is 5.82 Å². The lowest BCUT2D eigenvalue weighted by molar-refractivity contribution is 0.459. The molecule has 0 saturated carbocycles. The summed E-state index contributed by atoms with van der Waals surface area (Å²) >= 11 is 3.40. The van der Waals surface area contributed by atoms with Crippen molar-refractivity contribution in [1.29, 1.82) is 0 Å². The molecule has 0 aromatic heterocycles. The minimum Gasteiger partial charge on any atom is -0.364 e. The quantitative estimate of drug-likeness (QED) is 0.899. The molecular weight excluding hydrogens is 271 g/mol. The Hall–Kier alpha value is -0.610. The molecule has 1 fully saturated rings. The molecule has 16 heavy (non-hydrogen) atoms. The smallest absolute Gasteiger partial charge is 0.146 e. The van der Waals surface area contributed by atoms with Crippen molar-refractivity contribution < 1.29 is 4.39 Å². The van der Waals surface area contributed by atoms with Gasteiger partial charge >= 0.3 is 0 Å². The molecule has 1 aliphatic rings. The molecule has 2 rings (SSSR count). The molecule has 88 valence electrons. The van der Waals surface area contributed by atoms with Gasteiger partial charge in [0.1, 0.15) is 5.82 Å². The fraction of sp³-hybridized carbons (Fsp3) is 0.500. The zero-order valence-electron chi connectivity index (χ0n) is 9.34. The maximum absolute atomic E-state index is 13.8. The third-order valence-electron chi connectivity index (χ3n) is 3.04. The number of piperazine rings is 1. The Morgan fingerprint density at radius 1 is 1.56 bits per heavy atom. The van der Waals surface area contributed by atoms with Crippen LogP contribution in [0.3, 0.4) is 0 Å². The zero-order chi connectivity index (χ0) is 11.5. The Morgan fingerprint density at radius 2 is 2.38 bits per heavy atom. The predicted octanol–water partition coefficient (Wildman–Crippen LogP) is 2.78. The molecule has 1 saturated heterocycles. The second kappa shape index (κ2) is 5.15. The molecule has 1 aliphatic heterocycles. The van der Waals surface area contributed by atoms with E-state index in [0.29, 0.717) is 11.7 Å². The number of hydrogen-bond donors (Lipinski definition) is 1. The van der Waals surface area contributed by atoms with Crippen molar-refractivity contribution in [3.63, 3.8) is 0 Å². The predicted molar refractivity (Wildman–Crippen MR) is 68.4 cm³/mol. The molecule has 0 amide bonds. The molecule has 1 N–H and O–H groups in total. The number of halogens is 2. The number of nitrogens with one attached hydrogen (secondary N) is 1. The highest BCUT2D eigenvalue weighted by Gasteiger charge is 2.23. The summed E-state index contributed by atoms with van der Waals surface area (Å²) in [7, 11) is 0. The van der Waals surface area contributed by atoms with Crippen molar-refractivity contribution in [2.45, 2.75) is 19.4 Å². The van der Waals surface area contributed by atoms with Crippen LogP contribution >= 0.6 is 15.9 Å². The number of hydrogen-bond acceptors (Lipinski definition) is 2. The summed E-state index contributed by atoms with van der Waals surface area (Å²) in [6, 6.07) is 5.51. The molecule has 0 bridgehead atoms. The number of nitrogens with zero attached hydrogens (tertiary/aromatic N) is 1. The molecule has 0 radical (unpaired) electrons. The highest BCUT2D eigenvalue weighted by molar-refractivity contribution is 9.10. The molecule has 0 aliphatic carbocycles. The maximum atomic E-state index is 13.8. The zero-order valence-corrected chi connectivity index (χ0v) is 10.9. The van der Waals surface area contributed by atoms with Crippen molar-refractivity contribution in [1.82, 2.24) is 5.32 Å². The summed E-state index contributed by atoms with van der Waals surface area (Å²) in [5.74, 6) is -0.136. The normalized spacial score (nSPS) is 21.2. The van der Waals surface area contributed by atoms with Crippen molar-refractivity contribution in [3.05, 3.63) is 28.5 Å². The lowest BCUT2D eigenvalue weighted by Crippen LogP contribution is -2.51. The summed E-state index contributed by atoms with van der Waals surface area (Å²) in [4.78, 5) is 2.16. The highest BCUT2D eigenvalue weighted by atomic mass is 79.9. The molecular formula is C12H16BrFN2. The summed E-state index contributed by atoms with van der Waals surface area (Å²) in [6.45, 7) is 4.86. The first kappa shape index (κ1) is 11.9. The first-order valence-corrected chi connectivity index (χ1v) is 6.44. The maximum Gasteiger partial charge on any atom is 0.146 e. The molecule has 0 spiro atoms. The highest BCUT2D eigenvalue weighted by Crippen LogP contribution is 2.26. The second-order valence-corrected chi connectivity index (χ2v) is 4.97. The van der Waals surface area contributed by atoms with Gasteiger partial charge in [0.2, 0.25) is 0 Å². The molecule has 1 atom stereocenters. The summed E-state index contributed by atoms with van der Waals surface area (Å²) in [5.41, 5.74) is 0.711. The third-order valence-corrected chi connectivity index (χ3v) is 3.53. The van der Waals surface area contributed by atoms with Gasteiger partial charge in [-0.1, -0.05) is 22.9 Å². The van der Waals surface area contributed by atoms with Gasteiger partial charge in [-0.3, -0.25) is 0 Å². The molecule has 2 nitrogen and oxygen atoms in total. The Morgan fingerprint density at radius 3 is 3.12 bits per heavy atom. The van der Waals surface area contributed by atoms with Gasteiger partial charge in [0, 0.05) is 30.1 Å². The molecule has 1 aromatic rings. The lowest BCUT2D eigenvalue weighted by atomic mass is 10.1. The van der Waals surface area contributed by atoms with Crippen LogP contribution in [-0.2, 0) is 0 Å². The van der Waals surface area contributed by atoms with Gasteiger partial charge in [-0.05, 0) is 24.6 Å². The van der Waals surface area contributed by atoms with Gasteiger partial charge in [-0.2, -0.15) is 0 Å². The number of benzene rings is 1. The van der Waals surface area contributed by atoms with Crippen molar-refractivity contribution in [2.24, 2.45) is 0 Å². The second-order valence-electron chi connectivity index (χ2n) is 4.06. The molecule has 4 heteroatoms. The Bertz CT molecular complexity index is 370. The fourth-order valence-electron chi connectivity index (χ4n) is 2.15. The third kappa shape index (κ3) is 2.38. The average Bonchev–Trinajstić information content (AvgIpc) is 2.32. The van der Waals surface area contributed by atoms with Crippen LogP contribution in [0.25, 0.3) is 0 Å². The standard InChI is InChI=1S/C12H16BrFN2/c1-2-10-8-15-5-6-16(10)12-7-9(13)3-4-11(12)14/h3-4,7,10,15H,2,5-6,8H2,1H3. The van der Waals surface area contributed by atoms with E-state index in [1.165, 1.54) is 6.07 Å². The molecule has 1 aromatic carbocycles. The lowest BCUT2D eigenvalue weighted by Gasteiger charge is -2.37. The van der Waals surface area contributed by atoms with E-state index in [0.717, 1.165) is 30.5 Å². The van der Waals surface area contributed by atoms with Crippen molar-refractivity contribution >= 4 is 21.6 Å².